The minimum Gasteiger partial charge on any atom is -0.324 e. The van der Waals surface area contributed by atoms with E-state index in [4.69, 9.17) is 5.26 Å². The normalized spacial score (nSPS) is 15.9. The summed E-state index contributed by atoms with van der Waals surface area (Å²) in [7, 11) is 0. The molecule has 0 aromatic heterocycles. The van der Waals surface area contributed by atoms with Gasteiger partial charge in [-0.05, 0) is 25.1 Å². The third-order valence-corrected chi connectivity index (χ3v) is 3.12. The summed E-state index contributed by atoms with van der Waals surface area (Å²) in [6.45, 7) is 1.50. The summed E-state index contributed by atoms with van der Waals surface area (Å²) in [5, 5.41) is 11.4. The predicted molar refractivity (Wildman–Crippen MR) is 70.3 cm³/mol. The smallest absolute Gasteiger partial charge is 0.247 e. The van der Waals surface area contributed by atoms with E-state index in [0.717, 1.165) is 4.90 Å². The first-order valence-electron chi connectivity index (χ1n) is 6.19. The van der Waals surface area contributed by atoms with Gasteiger partial charge in [-0.25, -0.2) is 0 Å². The lowest BCUT2D eigenvalue weighted by molar-refractivity contribution is -0.144. The van der Waals surface area contributed by atoms with Crippen molar-refractivity contribution in [3.05, 3.63) is 29.8 Å². The Hall–Kier alpha value is -2.68. The fraction of sp³-hybridized carbons (Fsp3) is 0.286. The average Bonchev–Trinajstić information content (AvgIpc) is 2.77. The Morgan fingerprint density at radius 2 is 2.00 bits per heavy atom. The van der Waals surface area contributed by atoms with E-state index in [0.29, 0.717) is 11.3 Å². The fourth-order valence-electron chi connectivity index (χ4n) is 2.06. The molecule has 1 aromatic rings. The maximum atomic E-state index is 12.1. The van der Waals surface area contributed by atoms with Crippen molar-refractivity contribution in [1.29, 1.82) is 5.26 Å². The molecular weight excluding hydrogens is 258 g/mol. The van der Waals surface area contributed by atoms with Crippen molar-refractivity contribution in [1.82, 2.24) is 4.90 Å². The Morgan fingerprint density at radius 3 is 2.60 bits per heavy atom. The van der Waals surface area contributed by atoms with E-state index in [-0.39, 0.29) is 24.7 Å². The first kappa shape index (κ1) is 13.7. The molecule has 20 heavy (non-hydrogen) atoms. The number of imide groups is 1. The molecule has 1 aliphatic rings. The number of hydrogen-bond donors (Lipinski definition) is 1. The summed E-state index contributed by atoms with van der Waals surface area (Å²) >= 11 is 0. The maximum Gasteiger partial charge on any atom is 0.247 e. The van der Waals surface area contributed by atoms with Crippen LogP contribution in [0.4, 0.5) is 5.69 Å². The first-order valence-corrected chi connectivity index (χ1v) is 6.19. The molecule has 6 heteroatoms. The topological polar surface area (TPSA) is 90.3 Å². The molecule has 0 spiro atoms. The van der Waals surface area contributed by atoms with Gasteiger partial charge in [-0.3, -0.25) is 19.3 Å². The molecule has 3 amide bonds. The van der Waals surface area contributed by atoms with Gasteiger partial charge in [-0.2, -0.15) is 5.26 Å². The second-order valence-electron chi connectivity index (χ2n) is 4.52. The molecule has 6 nitrogen and oxygen atoms in total. The SMILES string of the molecule is CC(C(=O)Nc1cccc(C#N)c1)N1C(=O)CCC1=O. The Labute approximate surface area is 116 Å². The second-order valence-corrected chi connectivity index (χ2v) is 4.52. The van der Waals surface area contributed by atoms with Crippen molar-refractivity contribution in [2.24, 2.45) is 0 Å². The van der Waals surface area contributed by atoms with Crippen LogP contribution in [0.3, 0.4) is 0 Å². The zero-order valence-electron chi connectivity index (χ0n) is 10.9. The van der Waals surface area contributed by atoms with E-state index in [9.17, 15) is 14.4 Å². The highest BCUT2D eigenvalue weighted by molar-refractivity contribution is 6.07. The number of nitriles is 1. The number of amides is 3. The van der Waals surface area contributed by atoms with Gasteiger partial charge in [0.25, 0.3) is 0 Å². The number of nitrogens with zero attached hydrogens (tertiary/aromatic N) is 2. The summed E-state index contributed by atoms with van der Waals surface area (Å²) in [5.74, 6) is -1.12. The highest BCUT2D eigenvalue weighted by Crippen LogP contribution is 2.17. The standard InChI is InChI=1S/C14H13N3O3/c1-9(17-12(18)5-6-13(17)19)14(20)16-11-4-2-3-10(7-11)8-15/h2-4,7,9H,5-6H2,1H3,(H,16,20). The van der Waals surface area contributed by atoms with Gasteiger partial charge in [0, 0.05) is 18.5 Å². The molecule has 1 N–H and O–H groups in total. The Bertz CT molecular complexity index is 602. The Kier molecular flexibility index (Phi) is 3.80. The van der Waals surface area contributed by atoms with Crippen molar-refractivity contribution in [2.75, 3.05) is 5.32 Å². The van der Waals surface area contributed by atoms with E-state index in [2.05, 4.69) is 5.32 Å². The number of nitrogens with one attached hydrogen (secondary N) is 1. The van der Waals surface area contributed by atoms with Gasteiger partial charge < -0.3 is 5.32 Å². The van der Waals surface area contributed by atoms with Crippen LogP contribution >= 0.6 is 0 Å². The lowest BCUT2D eigenvalue weighted by atomic mass is 10.2. The van der Waals surface area contributed by atoms with Crippen molar-refractivity contribution >= 4 is 23.4 Å². The first-order chi connectivity index (χ1) is 9.52. The highest BCUT2D eigenvalue weighted by atomic mass is 16.2. The van der Waals surface area contributed by atoms with Crippen molar-refractivity contribution in [2.45, 2.75) is 25.8 Å². The molecule has 0 bridgehead atoms. The van der Waals surface area contributed by atoms with E-state index in [1.54, 1.807) is 18.2 Å². The Balaban J connectivity index is 2.10. The van der Waals surface area contributed by atoms with Crippen LogP contribution in [0.2, 0.25) is 0 Å². The number of rotatable bonds is 3. The molecule has 1 aromatic carbocycles. The van der Waals surface area contributed by atoms with Gasteiger partial charge in [0.1, 0.15) is 6.04 Å². The second kappa shape index (κ2) is 5.53. The molecule has 0 saturated carbocycles. The summed E-state index contributed by atoms with van der Waals surface area (Å²) in [6, 6.07) is 7.54. The number of carbonyl (C=O) groups is 3. The maximum absolute atomic E-state index is 12.1. The van der Waals surface area contributed by atoms with Gasteiger partial charge >= 0.3 is 0 Å². The highest BCUT2D eigenvalue weighted by Gasteiger charge is 2.36. The van der Waals surface area contributed by atoms with Crippen LogP contribution in [0, 0.1) is 11.3 Å². The number of likely N-dealkylation sites (tertiary alicyclic amines) is 1. The molecule has 2 rings (SSSR count). The number of anilines is 1. The van der Waals surface area contributed by atoms with Crippen LogP contribution in [0.15, 0.2) is 24.3 Å². The summed E-state index contributed by atoms with van der Waals surface area (Å²) in [4.78, 5) is 36.2. The van der Waals surface area contributed by atoms with Gasteiger partial charge in [0.15, 0.2) is 0 Å². The average molecular weight is 271 g/mol. The van der Waals surface area contributed by atoms with Gasteiger partial charge in [-0.1, -0.05) is 6.07 Å². The molecule has 1 aliphatic heterocycles. The lowest BCUT2D eigenvalue weighted by Gasteiger charge is -2.21. The monoisotopic (exact) mass is 271 g/mol. The van der Waals surface area contributed by atoms with Gasteiger partial charge in [-0.15, -0.1) is 0 Å². The molecule has 0 radical (unpaired) electrons. The van der Waals surface area contributed by atoms with E-state index < -0.39 is 11.9 Å². The molecule has 1 heterocycles. The zero-order chi connectivity index (χ0) is 14.7. The summed E-state index contributed by atoms with van der Waals surface area (Å²) in [5.41, 5.74) is 0.878. The lowest BCUT2D eigenvalue weighted by Crippen LogP contribution is -2.44. The molecular formula is C14H13N3O3. The van der Waals surface area contributed by atoms with Crippen molar-refractivity contribution in [3.8, 4) is 6.07 Å². The van der Waals surface area contributed by atoms with Crippen LogP contribution in [0.25, 0.3) is 0 Å². The summed E-state index contributed by atoms with van der Waals surface area (Å²) < 4.78 is 0. The zero-order valence-corrected chi connectivity index (χ0v) is 10.9. The predicted octanol–water partition coefficient (Wildman–Crippen LogP) is 1.03. The largest absolute Gasteiger partial charge is 0.324 e. The van der Waals surface area contributed by atoms with E-state index in [1.165, 1.54) is 13.0 Å². The Morgan fingerprint density at radius 1 is 1.35 bits per heavy atom. The van der Waals surface area contributed by atoms with Crippen LogP contribution in [0.1, 0.15) is 25.3 Å². The minimum atomic E-state index is -0.858. The third-order valence-electron chi connectivity index (χ3n) is 3.12. The molecule has 0 aliphatic carbocycles. The fourth-order valence-corrected chi connectivity index (χ4v) is 2.06. The van der Waals surface area contributed by atoms with Crippen LogP contribution < -0.4 is 5.32 Å². The minimum absolute atomic E-state index is 0.153. The molecule has 102 valence electrons. The van der Waals surface area contributed by atoms with Crippen molar-refractivity contribution in [3.63, 3.8) is 0 Å². The van der Waals surface area contributed by atoms with Gasteiger partial charge in [0.2, 0.25) is 17.7 Å². The number of hydrogen-bond acceptors (Lipinski definition) is 4. The number of benzene rings is 1. The van der Waals surface area contributed by atoms with Crippen LogP contribution in [0.5, 0.6) is 0 Å². The quantitative estimate of drug-likeness (QED) is 0.831. The van der Waals surface area contributed by atoms with Gasteiger partial charge in [0.05, 0.1) is 11.6 Å². The van der Waals surface area contributed by atoms with Crippen molar-refractivity contribution < 1.29 is 14.4 Å². The molecule has 1 unspecified atom stereocenters. The molecule has 1 fully saturated rings. The summed E-state index contributed by atoms with van der Waals surface area (Å²) in [6.07, 6.45) is 0.306. The van der Waals surface area contributed by atoms with Crippen LogP contribution in [-0.2, 0) is 14.4 Å². The molecule has 1 saturated heterocycles. The molecule has 1 atom stereocenters. The van der Waals surface area contributed by atoms with Crippen LogP contribution in [-0.4, -0.2) is 28.7 Å². The van der Waals surface area contributed by atoms with E-state index in [1.807, 2.05) is 6.07 Å². The third kappa shape index (κ3) is 2.67. The number of carbonyl (C=O) groups excluding carboxylic acids is 3. The van der Waals surface area contributed by atoms with E-state index >= 15 is 0 Å².